The molecule has 4 nitrogen and oxygen atoms in total. The van der Waals surface area contributed by atoms with Crippen LogP contribution in [-0.2, 0) is 0 Å². The predicted octanol–water partition coefficient (Wildman–Crippen LogP) is 3.70. The molecule has 2 aromatic carbocycles. The summed E-state index contributed by atoms with van der Waals surface area (Å²) in [5, 5.41) is 0. The van der Waals surface area contributed by atoms with Crippen molar-refractivity contribution in [1.29, 1.82) is 0 Å². The molecular formula is C16H16N2O2. The Kier molecular flexibility index (Phi) is 2.86. The highest BCUT2D eigenvalue weighted by Crippen LogP contribution is 2.30. The average Bonchev–Trinajstić information content (AvgIpc) is 2.82. The second-order valence-electron chi connectivity index (χ2n) is 4.88. The maximum Gasteiger partial charge on any atom is 0.227 e. The van der Waals surface area contributed by atoms with Crippen LogP contribution in [0.5, 0.6) is 5.75 Å². The molecule has 0 aliphatic rings. The minimum atomic E-state index is 0.569. The SMILES string of the molecule is COc1ccc(-c2nc3cc(C)c(C)cc3o2)cc1N. The molecule has 0 saturated carbocycles. The lowest BCUT2D eigenvalue weighted by Gasteiger charge is -2.04. The van der Waals surface area contributed by atoms with E-state index >= 15 is 0 Å². The van der Waals surface area contributed by atoms with Crippen molar-refractivity contribution in [2.24, 2.45) is 0 Å². The van der Waals surface area contributed by atoms with Gasteiger partial charge in [-0.25, -0.2) is 4.98 Å². The highest BCUT2D eigenvalue weighted by Gasteiger charge is 2.11. The van der Waals surface area contributed by atoms with Crippen molar-refractivity contribution in [3.63, 3.8) is 0 Å². The maximum absolute atomic E-state index is 5.92. The molecule has 1 aromatic heterocycles. The van der Waals surface area contributed by atoms with Crippen LogP contribution in [0.1, 0.15) is 11.1 Å². The normalized spacial score (nSPS) is 10.9. The second-order valence-corrected chi connectivity index (χ2v) is 4.88. The highest BCUT2D eigenvalue weighted by atomic mass is 16.5. The summed E-state index contributed by atoms with van der Waals surface area (Å²) in [6.45, 7) is 4.12. The van der Waals surface area contributed by atoms with Gasteiger partial charge in [0.25, 0.3) is 0 Å². The number of fused-ring (bicyclic) bond motifs is 1. The Labute approximate surface area is 117 Å². The predicted molar refractivity (Wildman–Crippen MR) is 79.9 cm³/mol. The number of oxazole rings is 1. The van der Waals surface area contributed by atoms with Gasteiger partial charge in [-0.15, -0.1) is 0 Å². The Balaban J connectivity index is 2.12. The first kappa shape index (κ1) is 12.5. The van der Waals surface area contributed by atoms with Crippen molar-refractivity contribution < 1.29 is 9.15 Å². The van der Waals surface area contributed by atoms with Crippen molar-refractivity contribution in [2.45, 2.75) is 13.8 Å². The van der Waals surface area contributed by atoms with Gasteiger partial charge in [0.2, 0.25) is 5.89 Å². The molecule has 0 bridgehead atoms. The van der Waals surface area contributed by atoms with Gasteiger partial charge in [-0.2, -0.15) is 0 Å². The lowest BCUT2D eigenvalue weighted by Crippen LogP contribution is -1.92. The van der Waals surface area contributed by atoms with Gasteiger partial charge >= 0.3 is 0 Å². The third kappa shape index (κ3) is 1.99. The molecule has 0 amide bonds. The molecule has 3 aromatic rings. The quantitative estimate of drug-likeness (QED) is 0.720. The molecule has 0 radical (unpaired) electrons. The molecule has 0 fully saturated rings. The molecule has 0 unspecified atom stereocenters. The Bertz CT molecular complexity index is 752. The zero-order chi connectivity index (χ0) is 14.3. The summed E-state index contributed by atoms with van der Waals surface area (Å²) in [6.07, 6.45) is 0. The minimum Gasteiger partial charge on any atom is -0.495 e. The van der Waals surface area contributed by atoms with Crippen molar-refractivity contribution >= 4 is 16.8 Å². The van der Waals surface area contributed by atoms with Gasteiger partial charge < -0.3 is 14.9 Å². The standard InChI is InChI=1S/C16H16N2O2/c1-9-6-13-15(7-10(9)2)20-16(18-13)11-4-5-14(19-3)12(17)8-11/h4-8H,17H2,1-3H3. The van der Waals surface area contributed by atoms with E-state index in [0.29, 0.717) is 17.3 Å². The van der Waals surface area contributed by atoms with Crippen LogP contribution in [0.3, 0.4) is 0 Å². The van der Waals surface area contributed by atoms with Crippen LogP contribution >= 0.6 is 0 Å². The number of aromatic nitrogens is 1. The number of benzene rings is 2. The smallest absolute Gasteiger partial charge is 0.227 e. The van der Waals surface area contributed by atoms with E-state index < -0.39 is 0 Å². The van der Waals surface area contributed by atoms with Gasteiger partial charge in [0.05, 0.1) is 12.8 Å². The van der Waals surface area contributed by atoms with Crippen LogP contribution in [0.2, 0.25) is 0 Å². The molecule has 2 N–H and O–H groups in total. The van der Waals surface area contributed by atoms with Crippen molar-refractivity contribution in [1.82, 2.24) is 4.98 Å². The molecule has 0 atom stereocenters. The molecule has 20 heavy (non-hydrogen) atoms. The zero-order valence-corrected chi connectivity index (χ0v) is 11.7. The fourth-order valence-corrected chi connectivity index (χ4v) is 2.17. The van der Waals surface area contributed by atoms with E-state index in [4.69, 9.17) is 14.9 Å². The molecule has 102 valence electrons. The molecular weight excluding hydrogens is 252 g/mol. The molecule has 0 saturated heterocycles. The average molecular weight is 268 g/mol. The van der Waals surface area contributed by atoms with Crippen LogP contribution < -0.4 is 10.5 Å². The van der Waals surface area contributed by atoms with E-state index in [-0.39, 0.29) is 0 Å². The Morgan fingerprint density at radius 3 is 2.55 bits per heavy atom. The summed E-state index contributed by atoms with van der Waals surface area (Å²) < 4.78 is 11.0. The number of hydrogen-bond acceptors (Lipinski definition) is 4. The first-order valence-electron chi connectivity index (χ1n) is 6.40. The molecule has 0 aliphatic heterocycles. The lowest BCUT2D eigenvalue weighted by atomic mass is 10.1. The Morgan fingerprint density at radius 2 is 1.85 bits per heavy atom. The molecule has 0 aliphatic carbocycles. The first-order chi connectivity index (χ1) is 9.58. The monoisotopic (exact) mass is 268 g/mol. The third-order valence-corrected chi connectivity index (χ3v) is 3.48. The molecule has 3 rings (SSSR count). The van der Waals surface area contributed by atoms with Gasteiger partial charge in [0, 0.05) is 5.56 Å². The maximum atomic E-state index is 5.92. The number of aryl methyl sites for hydroxylation is 2. The molecule has 0 spiro atoms. The Morgan fingerprint density at radius 1 is 1.10 bits per heavy atom. The van der Waals surface area contributed by atoms with E-state index in [2.05, 4.69) is 18.8 Å². The minimum absolute atomic E-state index is 0.569. The highest BCUT2D eigenvalue weighted by molar-refractivity contribution is 5.78. The summed E-state index contributed by atoms with van der Waals surface area (Å²) in [5.74, 6) is 1.22. The van der Waals surface area contributed by atoms with Crippen molar-refractivity contribution in [3.8, 4) is 17.2 Å². The van der Waals surface area contributed by atoms with Crippen molar-refractivity contribution in [2.75, 3.05) is 12.8 Å². The first-order valence-corrected chi connectivity index (χ1v) is 6.40. The van der Waals surface area contributed by atoms with Crippen LogP contribution in [0.25, 0.3) is 22.6 Å². The number of methoxy groups -OCH3 is 1. The van der Waals surface area contributed by atoms with E-state index in [9.17, 15) is 0 Å². The molecule has 1 heterocycles. The van der Waals surface area contributed by atoms with E-state index in [0.717, 1.165) is 16.7 Å². The number of nitrogens with two attached hydrogens (primary N) is 1. The van der Waals surface area contributed by atoms with Crippen molar-refractivity contribution in [3.05, 3.63) is 41.5 Å². The topological polar surface area (TPSA) is 61.3 Å². The number of anilines is 1. The van der Waals surface area contributed by atoms with E-state index in [1.807, 2.05) is 30.3 Å². The van der Waals surface area contributed by atoms with E-state index in [1.165, 1.54) is 11.1 Å². The Hall–Kier alpha value is -2.49. The summed E-state index contributed by atoms with van der Waals surface area (Å²) in [5.41, 5.74) is 11.4. The summed E-state index contributed by atoms with van der Waals surface area (Å²) in [6, 6.07) is 9.55. The van der Waals surface area contributed by atoms with E-state index in [1.54, 1.807) is 7.11 Å². The number of rotatable bonds is 2. The van der Waals surface area contributed by atoms with Gasteiger partial charge in [-0.1, -0.05) is 0 Å². The van der Waals surface area contributed by atoms with Gasteiger partial charge in [0.15, 0.2) is 5.58 Å². The fourth-order valence-electron chi connectivity index (χ4n) is 2.17. The summed E-state index contributed by atoms with van der Waals surface area (Å²) >= 11 is 0. The third-order valence-electron chi connectivity index (χ3n) is 3.48. The number of nitrogen functional groups attached to an aromatic ring is 1. The van der Waals surface area contributed by atoms with Crippen LogP contribution in [-0.4, -0.2) is 12.1 Å². The van der Waals surface area contributed by atoms with Gasteiger partial charge in [-0.05, 0) is 55.3 Å². The fraction of sp³-hybridized carbons (Fsp3) is 0.188. The zero-order valence-electron chi connectivity index (χ0n) is 11.7. The van der Waals surface area contributed by atoms with Crippen LogP contribution in [0.15, 0.2) is 34.7 Å². The second kappa shape index (κ2) is 4.56. The van der Waals surface area contributed by atoms with Gasteiger partial charge in [-0.3, -0.25) is 0 Å². The molecule has 4 heteroatoms. The summed E-state index contributed by atoms with van der Waals surface area (Å²) in [4.78, 5) is 4.52. The lowest BCUT2D eigenvalue weighted by molar-refractivity contribution is 0.417. The largest absolute Gasteiger partial charge is 0.495 e. The number of ether oxygens (including phenoxy) is 1. The number of nitrogens with zero attached hydrogens (tertiary/aromatic N) is 1. The van der Waals surface area contributed by atoms with Crippen LogP contribution in [0.4, 0.5) is 5.69 Å². The summed E-state index contributed by atoms with van der Waals surface area (Å²) in [7, 11) is 1.59. The van der Waals surface area contributed by atoms with Crippen LogP contribution in [0, 0.1) is 13.8 Å². The van der Waals surface area contributed by atoms with Gasteiger partial charge in [0.1, 0.15) is 11.3 Å². The number of hydrogen-bond donors (Lipinski definition) is 1.